The third-order valence-corrected chi connectivity index (χ3v) is 9.68. The van der Waals surface area contributed by atoms with E-state index in [1.807, 2.05) is 78.9 Å². The van der Waals surface area contributed by atoms with Crippen LogP contribution in [0.2, 0.25) is 0 Å². The second kappa shape index (κ2) is 21.8. The number of amides is 4. The Labute approximate surface area is 337 Å². The Morgan fingerprint density at radius 3 is 2.14 bits per heavy atom. The number of esters is 1. The molecule has 1 aliphatic carbocycles. The molecule has 304 valence electrons. The highest BCUT2D eigenvalue weighted by molar-refractivity contribution is 6.00. The fourth-order valence-electron chi connectivity index (χ4n) is 6.76. The molecule has 5 N–H and O–H groups in total. The smallest absolute Gasteiger partial charge is 0.407 e. The number of anilines is 1. The largest absolute Gasteiger partial charge is 0.461 e. The number of hydrogen-bond donors (Lipinski definition) is 5. The van der Waals surface area contributed by atoms with Gasteiger partial charge in [0.2, 0.25) is 11.8 Å². The van der Waals surface area contributed by atoms with Gasteiger partial charge in [0.1, 0.15) is 25.3 Å². The molecule has 5 rings (SSSR count). The van der Waals surface area contributed by atoms with Crippen molar-refractivity contribution < 1.29 is 43.3 Å². The van der Waals surface area contributed by atoms with Gasteiger partial charge in [-0.15, -0.1) is 13.2 Å². The molecule has 0 heterocycles. The molecule has 0 spiro atoms. The molecule has 3 atom stereocenters. The third kappa shape index (κ3) is 11.9. The summed E-state index contributed by atoms with van der Waals surface area (Å²) in [6.07, 6.45) is 2.65. The van der Waals surface area contributed by atoms with E-state index in [1.165, 1.54) is 6.08 Å². The van der Waals surface area contributed by atoms with Crippen molar-refractivity contribution in [2.75, 3.05) is 44.9 Å². The molecule has 4 aromatic rings. The van der Waals surface area contributed by atoms with Gasteiger partial charge in [0, 0.05) is 24.6 Å². The Bertz CT molecular complexity index is 2040. The highest BCUT2D eigenvalue weighted by atomic mass is 16.6. The summed E-state index contributed by atoms with van der Waals surface area (Å²) >= 11 is 0. The van der Waals surface area contributed by atoms with Crippen LogP contribution in [-0.4, -0.2) is 86.6 Å². The molecule has 58 heavy (non-hydrogen) atoms. The summed E-state index contributed by atoms with van der Waals surface area (Å²) in [6.45, 7) is 7.21. The third-order valence-electron chi connectivity index (χ3n) is 9.68. The zero-order valence-electron chi connectivity index (χ0n) is 32.3. The molecule has 0 aromatic heterocycles. The van der Waals surface area contributed by atoms with Crippen LogP contribution in [0.5, 0.6) is 0 Å². The number of allylic oxidation sites excluding steroid dienone is 2. The van der Waals surface area contributed by atoms with Crippen LogP contribution >= 0.6 is 0 Å². The summed E-state index contributed by atoms with van der Waals surface area (Å²) in [5.74, 6) is -3.68. The Balaban J connectivity index is 1.25. The van der Waals surface area contributed by atoms with Crippen LogP contribution in [0.15, 0.2) is 116 Å². The maximum atomic E-state index is 13.8. The number of nitrogens with one attached hydrogen (secondary N) is 4. The first kappa shape index (κ1) is 42.8. The number of hydrogen-bond acceptors (Lipinski definition) is 9. The van der Waals surface area contributed by atoms with Gasteiger partial charge in [-0.1, -0.05) is 91.0 Å². The maximum absolute atomic E-state index is 13.8. The minimum Gasteiger partial charge on any atom is -0.461 e. The molecule has 13 heteroatoms. The summed E-state index contributed by atoms with van der Waals surface area (Å²) in [5, 5.41) is 21.4. The molecule has 4 aromatic carbocycles. The van der Waals surface area contributed by atoms with E-state index in [9.17, 15) is 24.0 Å². The minimum atomic E-state index is -1.39. The van der Waals surface area contributed by atoms with Crippen molar-refractivity contribution in [2.24, 2.45) is 5.92 Å². The normalized spacial score (nSPS) is 13.2. The standard InChI is InChI=1S/C45H50N4O9/c1-3-5-19-39(49-45(55)58-28-38-36-17-10-8-15-34(36)35-16-9-11-18-37(35)38)44(54)57-29-40(43(53)47-33-21-20-30-13-6-7-14-31(30)26-33)48-42(52)32(12-4-2)27-41(51)46-22-24-56-25-23-50/h3-4,6-11,13-18,20-21,26,32,38-40,50H,1-2,5,12,19,22-25,27-29H2,(H,46,51)(H,47,53)(H,48,52)(H,49,55). The van der Waals surface area contributed by atoms with Crippen molar-refractivity contribution >= 4 is 46.2 Å². The van der Waals surface area contributed by atoms with Crippen molar-refractivity contribution in [2.45, 2.75) is 43.7 Å². The van der Waals surface area contributed by atoms with E-state index in [1.54, 1.807) is 18.2 Å². The van der Waals surface area contributed by atoms with Crippen LogP contribution in [0.25, 0.3) is 21.9 Å². The van der Waals surface area contributed by atoms with Crippen LogP contribution in [0.4, 0.5) is 10.5 Å². The predicted octanol–water partition coefficient (Wildman–Crippen LogP) is 5.39. The fraction of sp³-hybridized carbons (Fsp3) is 0.311. The van der Waals surface area contributed by atoms with Gasteiger partial charge in [0.15, 0.2) is 0 Å². The van der Waals surface area contributed by atoms with Gasteiger partial charge < -0.3 is 40.6 Å². The number of alkyl carbamates (subject to hydrolysis) is 1. The van der Waals surface area contributed by atoms with E-state index < -0.39 is 54.4 Å². The van der Waals surface area contributed by atoms with Crippen molar-refractivity contribution in [3.8, 4) is 11.1 Å². The monoisotopic (exact) mass is 790 g/mol. The zero-order chi connectivity index (χ0) is 41.3. The van der Waals surface area contributed by atoms with E-state index in [-0.39, 0.29) is 58.2 Å². The number of ether oxygens (including phenoxy) is 3. The number of fused-ring (bicyclic) bond motifs is 4. The van der Waals surface area contributed by atoms with Crippen LogP contribution < -0.4 is 21.3 Å². The molecular weight excluding hydrogens is 741 g/mol. The lowest BCUT2D eigenvalue weighted by molar-refractivity contribution is -0.148. The molecule has 0 saturated heterocycles. The Kier molecular flexibility index (Phi) is 16.1. The second-order valence-corrected chi connectivity index (χ2v) is 13.7. The maximum Gasteiger partial charge on any atom is 0.407 e. The summed E-state index contributed by atoms with van der Waals surface area (Å²) in [4.78, 5) is 66.9. The molecule has 1 aliphatic rings. The predicted molar refractivity (Wildman–Crippen MR) is 221 cm³/mol. The van der Waals surface area contributed by atoms with Gasteiger partial charge in [-0.2, -0.15) is 0 Å². The molecule has 13 nitrogen and oxygen atoms in total. The summed E-state index contributed by atoms with van der Waals surface area (Å²) in [5.41, 5.74) is 4.67. The van der Waals surface area contributed by atoms with Crippen LogP contribution in [0.3, 0.4) is 0 Å². The minimum absolute atomic E-state index is 0.0352. The molecule has 0 bridgehead atoms. The first-order chi connectivity index (χ1) is 28.2. The average Bonchev–Trinajstić information content (AvgIpc) is 3.55. The van der Waals surface area contributed by atoms with Gasteiger partial charge in [0.25, 0.3) is 5.91 Å². The van der Waals surface area contributed by atoms with Crippen molar-refractivity contribution in [1.29, 1.82) is 0 Å². The van der Waals surface area contributed by atoms with Gasteiger partial charge in [0.05, 0.1) is 25.7 Å². The average molecular weight is 791 g/mol. The molecular formula is C45H50N4O9. The van der Waals surface area contributed by atoms with Gasteiger partial charge in [-0.05, 0) is 64.4 Å². The lowest BCUT2D eigenvalue weighted by Crippen LogP contribution is -2.50. The van der Waals surface area contributed by atoms with E-state index in [0.29, 0.717) is 12.1 Å². The number of carbonyl (C=O) groups is 5. The van der Waals surface area contributed by atoms with Crippen molar-refractivity contribution in [3.05, 3.63) is 127 Å². The van der Waals surface area contributed by atoms with Gasteiger partial charge >= 0.3 is 12.1 Å². The summed E-state index contributed by atoms with van der Waals surface area (Å²) in [7, 11) is 0. The fourth-order valence-corrected chi connectivity index (χ4v) is 6.76. The Morgan fingerprint density at radius 1 is 0.759 bits per heavy atom. The van der Waals surface area contributed by atoms with Gasteiger partial charge in [-0.3, -0.25) is 14.4 Å². The summed E-state index contributed by atoms with van der Waals surface area (Å²) < 4.78 is 16.5. The summed E-state index contributed by atoms with van der Waals surface area (Å²) in [6, 6.07) is 26.2. The Hall–Kier alpha value is -6.31. The zero-order valence-corrected chi connectivity index (χ0v) is 32.3. The number of aliphatic hydroxyl groups is 1. The number of carbonyl (C=O) groups excluding carboxylic acids is 5. The molecule has 4 amide bonds. The second-order valence-electron chi connectivity index (χ2n) is 13.7. The SMILES string of the molecule is C=CCCC(NC(=O)OCC1c2ccccc2-c2ccccc21)C(=O)OCC(NC(=O)C(CC=C)CC(=O)NCCOCCO)C(=O)Nc1ccc2ccccc2c1. The highest BCUT2D eigenvalue weighted by Gasteiger charge is 2.32. The number of aliphatic hydroxyl groups excluding tert-OH is 1. The topological polar surface area (TPSA) is 181 Å². The lowest BCUT2D eigenvalue weighted by Gasteiger charge is -2.23. The Morgan fingerprint density at radius 2 is 1.45 bits per heavy atom. The highest BCUT2D eigenvalue weighted by Crippen LogP contribution is 2.44. The first-order valence-corrected chi connectivity index (χ1v) is 19.3. The number of benzene rings is 4. The number of rotatable bonds is 22. The molecule has 3 unspecified atom stereocenters. The molecule has 0 fully saturated rings. The van der Waals surface area contributed by atoms with Crippen molar-refractivity contribution in [3.63, 3.8) is 0 Å². The lowest BCUT2D eigenvalue weighted by atomic mass is 9.98. The quantitative estimate of drug-likeness (QED) is 0.0397. The van der Waals surface area contributed by atoms with Crippen LogP contribution in [-0.2, 0) is 33.4 Å². The van der Waals surface area contributed by atoms with Crippen LogP contribution in [0, 0.1) is 5.92 Å². The van der Waals surface area contributed by atoms with E-state index >= 15 is 0 Å². The molecule has 0 aliphatic heterocycles. The van der Waals surface area contributed by atoms with Gasteiger partial charge in [-0.25, -0.2) is 9.59 Å². The van der Waals surface area contributed by atoms with E-state index in [0.717, 1.165) is 33.0 Å². The van der Waals surface area contributed by atoms with Crippen molar-refractivity contribution in [1.82, 2.24) is 16.0 Å². The van der Waals surface area contributed by atoms with Crippen LogP contribution in [0.1, 0.15) is 42.7 Å². The molecule has 0 saturated carbocycles. The van der Waals surface area contributed by atoms with E-state index in [2.05, 4.69) is 34.4 Å². The first-order valence-electron chi connectivity index (χ1n) is 19.3. The molecule has 0 radical (unpaired) electrons. The van der Waals surface area contributed by atoms with E-state index in [4.69, 9.17) is 19.3 Å².